The van der Waals surface area contributed by atoms with Crippen LogP contribution in [-0.2, 0) is 17.6 Å². The average Bonchev–Trinajstić information content (AvgIpc) is 2.81. The topological polar surface area (TPSA) is 51.2 Å². The van der Waals surface area contributed by atoms with Crippen LogP contribution in [0.15, 0.2) is 60.9 Å². The first-order valence-electron chi connectivity index (χ1n) is 11.6. The molecule has 0 radical (unpaired) electrons. The quantitative estimate of drug-likeness (QED) is 0.373. The van der Waals surface area contributed by atoms with E-state index in [9.17, 15) is 4.79 Å². The molecule has 0 aliphatic rings. The summed E-state index contributed by atoms with van der Waals surface area (Å²) in [5.41, 5.74) is 3.61. The van der Waals surface area contributed by atoms with Crippen molar-refractivity contribution in [3.8, 4) is 5.75 Å². The summed E-state index contributed by atoms with van der Waals surface area (Å²) in [4.78, 5) is 16.7. The number of hydrogen-bond acceptors (Lipinski definition) is 3. The van der Waals surface area contributed by atoms with E-state index in [4.69, 9.17) is 4.74 Å². The van der Waals surface area contributed by atoms with Gasteiger partial charge < -0.3 is 10.1 Å². The summed E-state index contributed by atoms with van der Waals surface area (Å²) in [7, 11) is 1.69. The van der Waals surface area contributed by atoms with E-state index in [1.807, 2.05) is 24.4 Å². The fourth-order valence-electron chi connectivity index (χ4n) is 3.98. The normalized spacial score (nSPS) is 12.2. The number of pyridine rings is 1. The van der Waals surface area contributed by atoms with Crippen LogP contribution in [0.4, 0.5) is 0 Å². The predicted molar refractivity (Wildman–Crippen MR) is 133 cm³/mol. The molecule has 168 valence electrons. The Bertz CT molecular complexity index is 1040. The number of ether oxygens (including phenoxy) is 1. The predicted octanol–water partition coefficient (Wildman–Crippen LogP) is 6.13. The highest BCUT2D eigenvalue weighted by atomic mass is 16.5. The van der Waals surface area contributed by atoms with Crippen LogP contribution in [0.5, 0.6) is 5.75 Å². The molecule has 3 aromatic rings. The molecule has 4 nitrogen and oxygen atoms in total. The molecule has 0 spiro atoms. The van der Waals surface area contributed by atoms with Gasteiger partial charge in [-0.1, -0.05) is 37.6 Å². The zero-order chi connectivity index (χ0) is 22.8. The lowest BCUT2D eigenvalue weighted by Crippen LogP contribution is -2.31. The number of carbonyl (C=O) groups is 1. The fourth-order valence-corrected chi connectivity index (χ4v) is 3.98. The molecular formula is C28H34N2O2. The van der Waals surface area contributed by atoms with Crippen LogP contribution in [0.3, 0.4) is 0 Å². The molecule has 0 saturated heterocycles. The Balaban J connectivity index is 1.64. The van der Waals surface area contributed by atoms with Gasteiger partial charge in [0.05, 0.1) is 7.11 Å². The highest BCUT2D eigenvalue weighted by Crippen LogP contribution is 2.28. The summed E-state index contributed by atoms with van der Waals surface area (Å²) in [6.07, 6.45) is 13.4. The standard InChI is InChI=1S/C28H34N2O2/c1-4-5-11-26-23(12-13-24-14-16-25(32-3)19-27(24)26)15-17-28(31)30-21(2)8-6-9-22-10-7-18-29-20-22/h7,10,12-21H,4-6,8-9,11H2,1-3H3,(H,30,31)/b17-15+. The van der Waals surface area contributed by atoms with E-state index in [1.165, 1.54) is 21.9 Å². The van der Waals surface area contributed by atoms with Crippen LogP contribution >= 0.6 is 0 Å². The lowest BCUT2D eigenvalue weighted by atomic mass is 9.94. The molecule has 32 heavy (non-hydrogen) atoms. The van der Waals surface area contributed by atoms with Crippen LogP contribution in [0.1, 0.15) is 56.2 Å². The van der Waals surface area contributed by atoms with Gasteiger partial charge in [-0.2, -0.15) is 0 Å². The maximum atomic E-state index is 12.5. The molecule has 2 aromatic carbocycles. The largest absolute Gasteiger partial charge is 0.497 e. The number of benzene rings is 2. The third kappa shape index (κ3) is 6.68. The minimum atomic E-state index is -0.0499. The molecule has 0 bridgehead atoms. The number of methoxy groups -OCH3 is 1. The summed E-state index contributed by atoms with van der Waals surface area (Å²) >= 11 is 0. The van der Waals surface area contributed by atoms with E-state index >= 15 is 0 Å². The van der Waals surface area contributed by atoms with Gasteiger partial charge >= 0.3 is 0 Å². The minimum absolute atomic E-state index is 0.0499. The van der Waals surface area contributed by atoms with Crippen molar-refractivity contribution in [2.75, 3.05) is 7.11 Å². The second kappa shape index (κ2) is 12.0. The second-order valence-corrected chi connectivity index (χ2v) is 8.32. The first kappa shape index (κ1) is 23.5. The Morgan fingerprint density at radius 2 is 2.00 bits per heavy atom. The van der Waals surface area contributed by atoms with Gasteiger partial charge in [0, 0.05) is 24.5 Å². The minimum Gasteiger partial charge on any atom is -0.497 e. The molecule has 1 heterocycles. The maximum absolute atomic E-state index is 12.5. The molecule has 1 amide bonds. The first-order valence-corrected chi connectivity index (χ1v) is 11.6. The number of aryl methyl sites for hydroxylation is 2. The molecule has 1 atom stereocenters. The van der Waals surface area contributed by atoms with E-state index in [0.717, 1.165) is 49.8 Å². The third-order valence-corrected chi connectivity index (χ3v) is 5.79. The Labute approximate surface area is 191 Å². The summed E-state index contributed by atoms with van der Waals surface area (Å²) in [6, 6.07) is 14.6. The van der Waals surface area contributed by atoms with E-state index < -0.39 is 0 Å². The molecule has 0 fully saturated rings. The van der Waals surface area contributed by atoms with Crippen molar-refractivity contribution in [3.63, 3.8) is 0 Å². The van der Waals surface area contributed by atoms with Gasteiger partial charge in [0.1, 0.15) is 5.75 Å². The number of rotatable bonds is 11. The Morgan fingerprint density at radius 3 is 2.75 bits per heavy atom. The zero-order valence-electron chi connectivity index (χ0n) is 19.4. The molecule has 0 aliphatic carbocycles. The lowest BCUT2D eigenvalue weighted by Gasteiger charge is -2.13. The van der Waals surface area contributed by atoms with Gasteiger partial charge in [-0.3, -0.25) is 9.78 Å². The Hall–Kier alpha value is -3.14. The molecule has 0 saturated carbocycles. The van der Waals surface area contributed by atoms with Gasteiger partial charge in [-0.25, -0.2) is 0 Å². The monoisotopic (exact) mass is 430 g/mol. The van der Waals surface area contributed by atoms with Crippen LogP contribution in [0.2, 0.25) is 0 Å². The highest BCUT2D eigenvalue weighted by Gasteiger charge is 2.09. The van der Waals surface area contributed by atoms with Crippen molar-refractivity contribution >= 4 is 22.8 Å². The number of carbonyl (C=O) groups excluding carboxylic acids is 1. The Kier molecular flexibility index (Phi) is 8.85. The van der Waals surface area contributed by atoms with Crippen molar-refractivity contribution in [2.45, 2.75) is 58.4 Å². The van der Waals surface area contributed by atoms with Gasteiger partial charge in [0.2, 0.25) is 5.91 Å². The number of fused-ring (bicyclic) bond motifs is 1. The summed E-state index contributed by atoms with van der Waals surface area (Å²) < 4.78 is 5.44. The third-order valence-electron chi connectivity index (χ3n) is 5.79. The molecule has 0 aliphatic heterocycles. The smallest absolute Gasteiger partial charge is 0.244 e. The average molecular weight is 431 g/mol. The summed E-state index contributed by atoms with van der Waals surface area (Å²) in [6.45, 7) is 4.26. The van der Waals surface area contributed by atoms with Gasteiger partial charge in [0.25, 0.3) is 0 Å². The Morgan fingerprint density at radius 1 is 1.16 bits per heavy atom. The van der Waals surface area contributed by atoms with Gasteiger partial charge in [-0.05, 0) is 90.8 Å². The van der Waals surface area contributed by atoms with Crippen molar-refractivity contribution in [1.29, 1.82) is 0 Å². The second-order valence-electron chi connectivity index (χ2n) is 8.32. The molecule has 1 unspecified atom stereocenters. The van der Waals surface area contributed by atoms with E-state index in [-0.39, 0.29) is 11.9 Å². The van der Waals surface area contributed by atoms with Crippen LogP contribution < -0.4 is 10.1 Å². The molecule has 1 N–H and O–H groups in total. The number of aromatic nitrogens is 1. The van der Waals surface area contributed by atoms with E-state index in [1.54, 1.807) is 19.4 Å². The van der Waals surface area contributed by atoms with E-state index in [0.29, 0.717) is 0 Å². The molecule has 3 rings (SSSR count). The van der Waals surface area contributed by atoms with Crippen LogP contribution in [0.25, 0.3) is 16.8 Å². The fraction of sp³-hybridized carbons (Fsp3) is 0.357. The maximum Gasteiger partial charge on any atom is 0.244 e. The number of unbranched alkanes of at least 4 members (excludes halogenated alkanes) is 1. The van der Waals surface area contributed by atoms with Gasteiger partial charge in [-0.15, -0.1) is 0 Å². The van der Waals surface area contributed by atoms with E-state index in [2.05, 4.69) is 54.5 Å². The summed E-state index contributed by atoms with van der Waals surface area (Å²) in [5, 5.41) is 5.49. The van der Waals surface area contributed by atoms with Crippen molar-refractivity contribution < 1.29 is 9.53 Å². The lowest BCUT2D eigenvalue weighted by molar-refractivity contribution is -0.117. The molecule has 4 heteroatoms. The SMILES string of the molecule is CCCCc1c(/C=C/C(=O)NC(C)CCCc2cccnc2)ccc2ccc(OC)cc12. The number of hydrogen-bond donors (Lipinski definition) is 1. The van der Waals surface area contributed by atoms with Crippen LogP contribution in [0, 0.1) is 0 Å². The highest BCUT2D eigenvalue weighted by molar-refractivity contribution is 5.94. The van der Waals surface area contributed by atoms with Gasteiger partial charge in [0.15, 0.2) is 0 Å². The van der Waals surface area contributed by atoms with Crippen molar-refractivity contribution in [3.05, 3.63) is 77.6 Å². The van der Waals surface area contributed by atoms with Crippen molar-refractivity contribution in [1.82, 2.24) is 10.3 Å². The number of nitrogens with one attached hydrogen (secondary N) is 1. The summed E-state index contributed by atoms with van der Waals surface area (Å²) in [5.74, 6) is 0.806. The number of nitrogens with zero attached hydrogens (tertiary/aromatic N) is 1. The van der Waals surface area contributed by atoms with Crippen molar-refractivity contribution in [2.24, 2.45) is 0 Å². The first-order chi connectivity index (χ1) is 15.6. The van der Waals surface area contributed by atoms with Crippen LogP contribution in [-0.4, -0.2) is 24.0 Å². The molecular weight excluding hydrogens is 396 g/mol. The zero-order valence-corrected chi connectivity index (χ0v) is 19.4. The number of amides is 1. The molecule has 1 aromatic heterocycles.